The minimum atomic E-state index is -0.304. The van der Waals surface area contributed by atoms with Gasteiger partial charge in [-0.1, -0.05) is 30.3 Å². The first-order valence-electron chi connectivity index (χ1n) is 9.27. The number of H-pyrrole nitrogens is 1. The molecule has 1 aromatic heterocycles. The number of benzene rings is 2. The molecule has 1 aliphatic rings. The van der Waals surface area contributed by atoms with Crippen LogP contribution in [0.5, 0.6) is 0 Å². The Morgan fingerprint density at radius 2 is 1.93 bits per heavy atom. The number of rotatable bonds is 4. The molecule has 3 N–H and O–H groups in total. The van der Waals surface area contributed by atoms with Gasteiger partial charge < -0.3 is 20.5 Å². The van der Waals surface area contributed by atoms with Gasteiger partial charge in [0.05, 0.1) is 5.52 Å². The fourth-order valence-corrected chi connectivity index (χ4v) is 4.02. The van der Waals surface area contributed by atoms with E-state index in [1.807, 2.05) is 47.4 Å². The predicted octanol–water partition coefficient (Wildman–Crippen LogP) is 4.03. The summed E-state index contributed by atoms with van der Waals surface area (Å²) in [6.07, 6.45) is 1.09. The molecular formula is C21H21BrN4O2. The highest BCUT2D eigenvalue weighted by Crippen LogP contribution is 2.31. The number of nitrogens with one attached hydrogen (secondary N) is 3. The van der Waals surface area contributed by atoms with Crippen LogP contribution in [0.4, 0.5) is 10.5 Å². The summed E-state index contributed by atoms with van der Waals surface area (Å²) >= 11 is 3.58. The summed E-state index contributed by atoms with van der Waals surface area (Å²) in [5, 5.41) is 6.64. The zero-order valence-corrected chi connectivity index (χ0v) is 16.9. The summed E-state index contributed by atoms with van der Waals surface area (Å²) in [5.74, 6) is 0.0509. The number of aromatic amines is 1. The molecule has 4 rings (SSSR count). The number of aromatic nitrogens is 1. The monoisotopic (exact) mass is 440 g/mol. The number of hydrogen-bond acceptors (Lipinski definition) is 2. The fraction of sp³-hybridized carbons (Fsp3) is 0.238. The van der Waals surface area contributed by atoms with Gasteiger partial charge in [-0.3, -0.25) is 4.79 Å². The van der Waals surface area contributed by atoms with E-state index >= 15 is 0 Å². The maximum absolute atomic E-state index is 12.6. The van der Waals surface area contributed by atoms with E-state index in [0.717, 1.165) is 27.5 Å². The molecule has 0 atom stereocenters. The molecule has 0 saturated heterocycles. The van der Waals surface area contributed by atoms with Crippen LogP contribution in [0.25, 0.3) is 10.9 Å². The van der Waals surface area contributed by atoms with Crippen LogP contribution in [-0.4, -0.2) is 34.9 Å². The second kappa shape index (κ2) is 8.06. The average Bonchev–Trinajstić information content (AvgIpc) is 3.08. The van der Waals surface area contributed by atoms with Gasteiger partial charge in [0.1, 0.15) is 0 Å². The Morgan fingerprint density at radius 1 is 1.11 bits per heavy atom. The molecule has 3 amide bonds. The van der Waals surface area contributed by atoms with Crippen LogP contribution in [-0.2, 0) is 17.8 Å². The topological polar surface area (TPSA) is 77.2 Å². The number of para-hydroxylation sites is 2. The molecule has 0 fully saturated rings. The molecule has 144 valence electrons. The lowest BCUT2D eigenvalue weighted by atomic mass is 10.0. The SMILES string of the molecule is O=C(NCCC(=O)N1CCc2[nH]c3c(Br)cccc3c2C1)Nc1ccccc1. The number of fused-ring (bicyclic) bond motifs is 3. The predicted molar refractivity (Wildman–Crippen MR) is 113 cm³/mol. The highest BCUT2D eigenvalue weighted by atomic mass is 79.9. The zero-order valence-electron chi connectivity index (χ0n) is 15.3. The number of nitrogens with zero attached hydrogens (tertiary/aromatic N) is 1. The summed E-state index contributed by atoms with van der Waals surface area (Å²) in [6, 6.07) is 15.0. The maximum Gasteiger partial charge on any atom is 0.319 e. The van der Waals surface area contributed by atoms with E-state index in [2.05, 4.69) is 37.6 Å². The van der Waals surface area contributed by atoms with Crippen LogP contribution in [0.2, 0.25) is 0 Å². The Bertz CT molecular complexity index is 1020. The third kappa shape index (κ3) is 3.89. The minimum Gasteiger partial charge on any atom is -0.357 e. The van der Waals surface area contributed by atoms with Crippen molar-refractivity contribution in [3.8, 4) is 0 Å². The van der Waals surface area contributed by atoms with Crippen molar-refractivity contribution in [1.82, 2.24) is 15.2 Å². The molecule has 6 nitrogen and oxygen atoms in total. The van der Waals surface area contributed by atoms with E-state index in [1.165, 1.54) is 11.3 Å². The van der Waals surface area contributed by atoms with E-state index in [9.17, 15) is 9.59 Å². The zero-order chi connectivity index (χ0) is 19.5. The minimum absolute atomic E-state index is 0.0509. The summed E-state index contributed by atoms with van der Waals surface area (Å²) in [5.41, 5.74) is 4.19. The van der Waals surface area contributed by atoms with Crippen LogP contribution >= 0.6 is 15.9 Å². The number of carbonyl (C=O) groups is 2. The van der Waals surface area contributed by atoms with Crippen molar-refractivity contribution < 1.29 is 9.59 Å². The third-order valence-electron chi connectivity index (χ3n) is 4.97. The molecule has 2 aromatic carbocycles. The molecule has 0 spiro atoms. The molecule has 0 bridgehead atoms. The van der Waals surface area contributed by atoms with Crippen LogP contribution in [0, 0.1) is 0 Å². The Balaban J connectivity index is 1.32. The molecule has 0 saturated carbocycles. The van der Waals surface area contributed by atoms with Gasteiger partial charge in [-0.2, -0.15) is 0 Å². The number of anilines is 1. The van der Waals surface area contributed by atoms with Crippen molar-refractivity contribution in [3.05, 3.63) is 64.3 Å². The normalized spacial score (nSPS) is 13.2. The quantitative estimate of drug-likeness (QED) is 0.572. The van der Waals surface area contributed by atoms with E-state index in [0.29, 0.717) is 19.6 Å². The van der Waals surface area contributed by atoms with Crippen LogP contribution in [0.1, 0.15) is 17.7 Å². The summed E-state index contributed by atoms with van der Waals surface area (Å²) < 4.78 is 1.03. The largest absolute Gasteiger partial charge is 0.357 e. The van der Waals surface area contributed by atoms with Gasteiger partial charge >= 0.3 is 6.03 Å². The van der Waals surface area contributed by atoms with Crippen LogP contribution in [0.3, 0.4) is 0 Å². The molecule has 0 aliphatic carbocycles. The van der Waals surface area contributed by atoms with Crippen molar-refractivity contribution in [2.75, 3.05) is 18.4 Å². The van der Waals surface area contributed by atoms with Gasteiger partial charge in [-0.25, -0.2) is 4.79 Å². The molecule has 0 unspecified atom stereocenters. The van der Waals surface area contributed by atoms with Gasteiger partial charge in [0.15, 0.2) is 0 Å². The maximum atomic E-state index is 12.6. The first-order chi connectivity index (χ1) is 13.6. The summed E-state index contributed by atoms with van der Waals surface area (Å²) in [6.45, 7) is 1.59. The highest BCUT2D eigenvalue weighted by molar-refractivity contribution is 9.10. The standard InChI is InChI=1S/C21H21BrN4O2/c22-17-8-4-7-15-16-13-26(12-10-18(16)25-20(15)17)19(27)9-11-23-21(28)24-14-5-2-1-3-6-14/h1-8,25H,9-13H2,(H2,23,24,28). The van der Waals surface area contributed by atoms with Crippen molar-refractivity contribution in [2.24, 2.45) is 0 Å². The van der Waals surface area contributed by atoms with Gasteiger partial charge in [-0.15, -0.1) is 0 Å². The Morgan fingerprint density at radius 3 is 2.75 bits per heavy atom. The van der Waals surface area contributed by atoms with E-state index in [4.69, 9.17) is 0 Å². The van der Waals surface area contributed by atoms with Gasteiger partial charge in [0.2, 0.25) is 5.91 Å². The van der Waals surface area contributed by atoms with Crippen molar-refractivity contribution in [3.63, 3.8) is 0 Å². The van der Waals surface area contributed by atoms with Gasteiger partial charge in [0, 0.05) is 59.3 Å². The number of urea groups is 1. The molecular weight excluding hydrogens is 420 g/mol. The second-order valence-corrected chi connectivity index (χ2v) is 7.66. The lowest BCUT2D eigenvalue weighted by molar-refractivity contribution is -0.131. The Kier molecular flexibility index (Phi) is 5.34. The molecule has 3 aromatic rings. The molecule has 0 radical (unpaired) electrons. The summed E-state index contributed by atoms with van der Waals surface area (Å²) in [7, 11) is 0. The van der Waals surface area contributed by atoms with Crippen molar-refractivity contribution in [2.45, 2.75) is 19.4 Å². The lowest BCUT2D eigenvalue weighted by Gasteiger charge is -2.27. The number of amides is 3. The van der Waals surface area contributed by atoms with Crippen LogP contribution in [0.15, 0.2) is 53.0 Å². The average molecular weight is 441 g/mol. The van der Waals surface area contributed by atoms with E-state index < -0.39 is 0 Å². The van der Waals surface area contributed by atoms with Gasteiger partial charge in [-0.05, 0) is 34.1 Å². The highest BCUT2D eigenvalue weighted by Gasteiger charge is 2.24. The number of halogens is 1. The second-order valence-electron chi connectivity index (χ2n) is 6.81. The Hall–Kier alpha value is -2.80. The molecule has 1 aliphatic heterocycles. The van der Waals surface area contributed by atoms with Crippen molar-refractivity contribution in [1.29, 1.82) is 0 Å². The number of hydrogen-bond donors (Lipinski definition) is 3. The fourth-order valence-electron chi connectivity index (χ4n) is 3.55. The molecule has 7 heteroatoms. The van der Waals surface area contributed by atoms with E-state index in [1.54, 1.807) is 0 Å². The smallest absolute Gasteiger partial charge is 0.319 e. The first-order valence-corrected chi connectivity index (χ1v) is 10.1. The van der Waals surface area contributed by atoms with E-state index in [-0.39, 0.29) is 18.4 Å². The number of carbonyl (C=O) groups excluding carboxylic acids is 2. The first kappa shape index (κ1) is 18.6. The summed E-state index contributed by atoms with van der Waals surface area (Å²) in [4.78, 5) is 29.9. The van der Waals surface area contributed by atoms with Crippen LogP contribution < -0.4 is 10.6 Å². The van der Waals surface area contributed by atoms with Gasteiger partial charge in [0.25, 0.3) is 0 Å². The lowest BCUT2D eigenvalue weighted by Crippen LogP contribution is -2.38. The molecule has 2 heterocycles. The van der Waals surface area contributed by atoms with Crippen molar-refractivity contribution >= 4 is 44.5 Å². The molecule has 28 heavy (non-hydrogen) atoms. The third-order valence-corrected chi connectivity index (χ3v) is 5.63. The Labute approximate surface area is 171 Å².